The Kier molecular flexibility index (Phi) is 7.73. The number of primary amides is 1. The van der Waals surface area contributed by atoms with Crippen LogP contribution in [0.2, 0.25) is 0 Å². The van der Waals surface area contributed by atoms with Crippen LogP contribution < -0.4 is 15.8 Å². The van der Waals surface area contributed by atoms with Crippen LogP contribution in [-0.2, 0) is 37.8 Å². The highest BCUT2D eigenvalue weighted by Gasteiger charge is 2.27. The van der Waals surface area contributed by atoms with Crippen LogP contribution in [0.15, 0.2) is 48.7 Å². The third-order valence-corrected chi connectivity index (χ3v) is 7.29. The Bertz CT molecular complexity index is 1320. The van der Waals surface area contributed by atoms with E-state index in [2.05, 4.69) is 10.4 Å². The second kappa shape index (κ2) is 11.3. The maximum atomic E-state index is 13.0. The van der Waals surface area contributed by atoms with Crippen LogP contribution in [0.4, 0.5) is 0 Å². The fourth-order valence-electron chi connectivity index (χ4n) is 5.03. The van der Waals surface area contributed by atoms with Crippen molar-refractivity contribution in [2.45, 2.75) is 38.1 Å². The molecule has 0 radical (unpaired) electrons. The standard InChI is InChI=1S/C28H33N5O5/c1-32-22(6-7-31-32)17-38-23-4-2-18-14-25(30-16-21(18)13-23)26(34)15-20-12-19(3-5-24(20)27(29)35)28(36)33-8-10-37-11-9-33/h2-7,12-13,25-26,30,34H,8-11,14-17H2,1H3,(H2,29,35)/t25-,26+/m0/s1. The first kappa shape index (κ1) is 25.9. The van der Waals surface area contributed by atoms with E-state index in [1.54, 1.807) is 34.0 Å². The summed E-state index contributed by atoms with van der Waals surface area (Å²) in [5.41, 5.74) is 10.2. The van der Waals surface area contributed by atoms with Gasteiger partial charge in [0.2, 0.25) is 5.91 Å². The number of morpholine rings is 1. The average Bonchev–Trinajstić information content (AvgIpc) is 3.35. The largest absolute Gasteiger partial charge is 0.487 e. The molecule has 0 unspecified atom stereocenters. The van der Waals surface area contributed by atoms with Gasteiger partial charge in [0.05, 0.1) is 25.0 Å². The number of aromatic nitrogens is 2. The number of hydrogen-bond acceptors (Lipinski definition) is 7. The number of amides is 2. The highest BCUT2D eigenvalue weighted by molar-refractivity contribution is 5.98. The minimum Gasteiger partial charge on any atom is -0.487 e. The van der Waals surface area contributed by atoms with Crippen LogP contribution >= 0.6 is 0 Å². The van der Waals surface area contributed by atoms with E-state index >= 15 is 0 Å². The summed E-state index contributed by atoms with van der Waals surface area (Å²) in [6, 6.07) is 12.6. The number of nitrogens with one attached hydrogen (secondary N) is 1. The van der Waals surface area contributed by atoms with E-state index in [4.69, 9.17) is 15.2 Å². The molecule has 0 aliphatic carbocycles. The molecule has 38 heavy (non-hydrogen) atoms. The highest BCUT2D eigenvalue weighted by atomic mass is 16.5. The molecular weight excluding hydrogens is 486 g/mol. The number of benzene rings is 2. The number of aryl methyl sites for hydroxylation is 1. The van der Waals surface area contributed by atoms with Crippen molar-refractivity contribution < 1.29 is 24.2 Å². The number of nitrogens with zero attached hydrogens (tertiary/aromatic N) is 3. The zero-order valence-electron chi connectivity index (χ0n) is 21.4. The van der Waals surface area contributed by atoms with Gasteiger partial charge in [-0.05, 0) is 59.5 Å². The molecule has 2 aromatic carbocycles. The zero-order valence-corrected chi connectivity index (χ0v) is 21.4. The minimum atomic E-state index is -0.782. The molecule has 10 nitrogen and oxygen atoms in total. The molecule has 10 heteroatoms. The Morgan fingerprint density at radius 2 is 2.00 bits per heavy atom. The van der Waals surface area contributed by atoms with Gasteiger partial charge >= 0.3 is 0 Å². The summed E-state index contributed by atoms with van der Waals surface area (Å²) in [5, 5.41) is 18.7. The van der Waals surface area contributed by atoms with Crippen LogP contribution in [0, 0.1) is 0 Å². The lowest BCUT2D eigenvalue weighted by molar-refractivity contribution is 0.0302. The Hall–Kier alpha value is -3.73. The third-order valence-electron chi connectivity index (χ3n) is 7.29. The summed E-state index contributed by atoms with van der Waals surface area (Å²) in [5.74, 6) is 0.0722. The lowest BCUT2D eigenvalue weighted by Crippen LogP contribution is -2.45. The molecule has 2 aliphatic rings. The van der Waals surface area contributed by atoms with E-state index in [0.29, 0.717) is 62.6 Å². The van der Waals surface area contributed by atoms with Gasteiger partial charge in [-0.25, -0.2) is 0 Å². The number of carbonyl (C=O) groups is 2. The summed E-state index contributed by atoms with van der Waals surface area (Å²) >= 11 is 0. The van der Waals surface area contributed by atoms with Gasteiger partial charge in [-0.2, -0.15) is 5.10 Å². The molecular formula is C28H33N5O5. The van der Waals surface area contributed by atoms with Crippen LogP contribution in [0.3, 0.4) is 0 Å². The molecule has 3 aromatic rings. The van der Waals surface area contributed by atoms with Gasteiger partial charge in [0.1, 0.15) is 12.4 Å². The van der Waals surface area contributed by atoms with Gasteiger partial charge in [-0.3, -0.25) is 14.3 Å². The monoisotopic (exact) mass is 519 g/mol. The van der Waals surface area contributed by atoms with E-state index in [9.17, 15) is 14.7 Å². The maximum absolute atomic E-state index is 13.0. The lowest BCUT2D eigenvalue weighted by Gasteiger charge is -2.31. The summed E-state index contributed by atoms with van der Waals surface area (Å²) in [6.07, 6.45) is 1.78. The first-order valence-electron chi connectivity index (χ1n) is 12.8. The first-order chi connectivity index (χ1) is 18.4. The van der Waals surface area contributed by atoms with Crippen LogP contribution in [0.25, 0.3) is 0 Å². The third kappa shape index (κ3) is 5.72. The van der Waals surface area contributed by atoms with E-state index in [-0.39, 0.29) is 18.4 Å². The van der Waals surface area contributed by atoms with Crippen molar-refractivity contribution in [3.63, 3.8) is 0 Å². The Morgan fingerprint density at radius 1 is 1.18 bits per heavy atom. The van der Waals surface area contributed by atoms with Crippen molar-refractivity contribution in [2.75, 3.05) is 26.3 Å². The molecule has 2 amide bonds. The number of aliphatic hydroxyl groups excluding tert-OH is 1. The van der Waals surface area contributed by atoms with Gasteiger partial charge in [0, 0.05) is 56.5 Å². The van der Waals surface area contributed by atoms with E-state index in [1.165, 1.54) is 0 Å². The zero-order chi connectivity index (χ0) is 26.6. The molecule has 3 heterocycles. The van der Waals surface area contributed by atoms with Crippen molar-refractivity contribution in [3.05, 3.63) is 82.2 Å². The summed E-state index contributed by atoms with van der Waals surface area (Å²) in [7, 11) is 1.88. The molecule has 1 saturated heterocycles. The van der Waals surface area contributed by atoms with Gasteiger partial charge in [0.15, 0.2) is 0 Å². The van der Waals surface area contributed by atoms with Gasteiger partial charge in [0.25, 0.3) is 5.91 Å². The SMILES string of the molecule is Cn1nccc1COc1ccc2c(c1)CN[C@H]([C@H](O)Cc1cc(C(=O)N3CCOCC3)ccc1C(N)=O)C2. The Morgan fingerprint density at radius 3 is 2.74 bits per heavy atom. The Labute approximate surface area is 221 Å². The minimum absolute atomic E-state index is 0.119. The predicted octanol–water partition coefficient (Wildman–Crippen LogP) is 1.19. The quantitative estimate of drug-likeness (QED) is 0.407. The number of ether oxygens (including phenoxy) is 2. The fourth-order valence-corrected chi connectivity index (χ4v) is 5.03. The van der Waals surface area contributed by atoms with Crippen molar-refractivity contribution in [1.82, 2.24) is 20.0 Å². The summed E-state index contributed by atoms with van der Waals surface area (Å²) in [6.45, 7) is 3.07. The molecule has 2 atom stereocenters. The molecule has 0 spiro atoms. The molecule has 200 valence electrons. The van der Waals surface area contributed by atoms with Crippen molar-refractivity contribution in [3.8, 4) is 5.75 Å². The molecule has 0 bridgehead atoms. The van der Waals surface area contributed by atoms with Crippen LogP contribution in [0.5, 0.6) is 5.75 Å². The number of hydrogen-bond donors (Lipinski definition) is 3. The second-order valence-electron chi connectivity index (χ2n) is 9.77. The normalized spacial score (nSPS) is 18.1. The molecule has 4 N–H and O–H groups in total. The predicted molar refractivity (Wildman–Crippen MR) is 140 cm³/mol. The number of aliphatic hydroxyl groups is 1. The van der Waals surface area contributed by atoms with Gasteiger partial charge < -0.3 is 30.5 Å². The molecule has 2 aliphatic heterocycles. The lowest BCUT2D eigenvalue weighted by atomic mass is 9.89. The van der Waals surface area contributed by atoms with Crippen molar-refractivity contribution in [2.24, 2.45) is 12.8 Å². The first-order valence-corrected chi connectivity index (χ1v) is 12.8. The summed E-state index contributed by atoms with van der Waals surface area (Å²) < 4.78 is 13.1. The maximum Gasteiger partial charge on any atom is 0.254 e. The smallest absolute Gasteiger partial charge is 0.254 e. The average molecular weight is 520 g/mol. The van der Waals surface area contributed by atoms with Gasteiger partial charge in [-0.1, -0.05) is 6.07 Å². The van der Waals surface area contributed by atoms with E-state index < -0.39 is 12.0 Å². The molecule has 0 saturated carbocycles. The van der Waals surface area contributed by atoms with Crippen molar-refractivity contribution >= 4 is 11.8 Å². The Balaban J connectivity index is 1.26. The second-order valence-corrected chi connectivity index (χ2v) is 9.77. The molecule has 1 aromatic heterocycles. The molecule has 1 fully saturated rings. The van der Waals surface area contributed by atoms with Crippen LogP contribution in [0.1, 0.15) is 43.1 Å². The van der Waals surface area contributed by atoms with Crippen molar-refractivity contribution in [1.29, 1.82) is 0 Å². The molecule has 5 rings (SSSR count). The number of fused-ring (bicyclic) bond motifs is 1. The number of carbonyl (C=O) groups excluding carboxylic acids is 2. The topological polar surface area (TPSA) is 132 Å². The summed E-state index contributed by atoms with van der Waals surface area (Å²) in [4.78, 5) is 26.8. The van der Waals surface area contributed by atoms with Gasteiger partial charge in [-0.15, -0.1) is 0 Å². The van der Waals surface area contributed by atoms with Crippen LogP contribution in [-0.4, -0.2) is 70.1 Å². The fraction of sp³-hybridized carbons (Fsp3) is 0.393. The van der Waals surface area contributed by atoms with E-state index in [1.807, 2.05) is 31.3 Å². The number of rotatable bonds is 8. The number of nitrogens with two attached hydrogens (primary N) is 1. The van der Waals surface area contributed by atoms with E-state index in [0.717, 1.165) is 22.6 Å². The highest BCUT2D eigenvalue weighted by Crippen LogP contribution is 2.25.